The van der Waals surface area contributed by atoms with E-state index in [1.54, 1.807) is 0 Å². The number of rotatable bonds is 4. The van der Waals surface area contributed by atoms with E-state index >= 15 is 0 Å². The minimum atomic E-state index is -4.96. The average Bonchev–Trinajstić information content (AvgIpc) is 3.01. The number of nitrogens with zero attached hydrogens (tertiary/aromatic N) is 1. The molecular formula is C15H23F3N2O3. The molecule has 1 atom stereocenters. The molecule has 0 spiro atoms. The monoisotopic (exact) mass is 336 g/mol. The van der Waals surface area contributed by atoms with Gasteiger partial charge in [-0.25, -0.2) is 0 Å². The molecule has 0 aromatic carbocycles. The lowest BCUT2D eigenvalue weighted by Gasteiger charge is -2.36. The van der Waals surface area contributed by atoms with Gasteiger partial charge in [0.1, 0.15) is 6.04 Å². The van der Waals surface area contributed by atoms with Gasteiger partial charge in [0.2, 0.25) is 5.91 Å². The maximum atomic E-state index is 12.6. The van der Waals surface area contributed by atoms with Crippen LogP contribution in [0.1, 0.15) is 44.9 Å². The topological polar surface area (TPSA) is 69.6 Å². The van der Waals surface area contributed by atoms with Gasteiger partial charge in [-0.2, -0.15) is 13.2 Å². The SMILES string of the molecule is O=C(NCC1(CO)CCCCC1)C1CCCN1C(=O)C(F)(F)F. The Balaban J connectivity index is 1.95. The van der Waals surface area contributed by atoms with E-state index in [1.807, 2.05) is 0 Å². The molecule has 1 saturated heterocycles. The van der Waals surface area contributed by atoms with Crippen molar-refractivity contribution in [1.82, 2.24) is 10.2 Å². The number of alkyl halides is 3. The summed E-state index contributed by atoms with van der Waals surface area (Å²) in [5, 5.41) is 12.3. The highest BCUT2D eigenvalue weighted by Gasteiger charge is 2.47. The van der Waals surface area contributed by atoms with Crippen molar-refractivity contribution < 1.29 is 27.9 Å². The van der Waals surface area contributed by atoms with Gasteiger partial charge in [0, 0.05) is 18.5 Å². The van der Waals surface area contributed by atoms with Crippen LogP contribution in [0.5, 0.6) is 0 Å². The van der Waals surface area contributed by atoms with Gasteiger partial charge in [-0.05, 0) is 25.7 Å². The van der Waals surface area contributed by atoms with E-state index in [0.29, 0.717) is 11.3 Å². The van der Waals surface area contributed by atoms with E-state index < -0.39 is 24.0 Å². The lowest BCUT2D eigenvalue weighted by atomic mass is 9.74. The summed E-state index contributed by atoms with van der Waals surface area (Å²) in [6.45, 7) is 0.137. The fraction of sp³-hybridized carbons (Fsp3) is 0.867. The van der Waals surface area contributed by atoms with Crippen molar-refractivity contribution in [2.24, 2.45) is 5.41 Å². The predicted octanol–water partition coefficient (Wildman–Crippen LogP) is 1.60. The Morgan fingerprint density at radius 3 is 2.39 bits per heavy atom. The summed E-state index contributed by atoms with van der Waals surface area (Å²) >= 11 is 0. The number of likely N-dealkylation sites (tertiary alicyclic amines) is 1. The third-order valence-electron chi connectivity index (χ3n) is 4.95. The first kappa shape index (κ1) is 18.0. The van der Waals surface area contributed by atoms with Crippen molar-refractivity contribution >= 4 is 11.8 Å². The number of carbonyl (C=O) groups is 2. The highest BCUT2D eigenvalue weighted by atomic mass is 19.4. The molecule has 1 aliphatic heterocycles. The molecule has 2 rings (SSSR count). The molecule has 0 radical (unpaired) electrons. The predicted molar refractivity (Wildman–Crippen MR) is 76.4 cm³/mol. The molecule has 2 N–H and O–H groups in total. The van der Waals surface area contributed by atoms with Crippen LogP contribution in [0.15, 0.2) is 0 Å². The first-order valence-electron chi connectivity index (χ1n) is 8.05. The summed E-state index contributed by atoms with van der Waals surface area (Å²) in [7, 11) is 0. The number of hydrogen-bond acceptors (Lipinski definition) is 3. The van der Waals surface area contributed by atoms with E-state index in [4.69, 9.17) is 0 Å². The third kappa shape index (κ3) is 4.16. The van der Waals surface area contributed by atoms with Crippen LogP contribution in [0.2, 0.25) is 0 Å². The zero-order chi connectivity index (χ0) is 17.1. The first-order chi connectivity index (χ1) is 10.8. The largest absolute Gasteiger partial charge is 0.471 e. The van der Waals surface area contributed by atoms with Crippen molar-refractivity contribution in [3.05, 3.63) is 0 Å². The maximum absolute atomic E-state index is 12.6. The van der Waals surface area contributed by atoms with Crippen molar-refractivity contribution in [3.8, 4) is 0 Å². The zero-order valence-electron chi connectivity index (χ0n) is 13.0. The fourth-order valence-electron chi connectivity index (χ4n) is 3.53. The van der Waals surface area contributed by atoms with E-state index in [1.165, 1.54) is 0 Å². The molecule has 2 amide bonds. The number of halogens is 3. The quantitative estimate of drug-likeness (QED) is 0.819. The van der Waals surface area contributed by atoms with E-state index in [-0.39, 0.29) is 31.5 Å². The van der Waals surface area contributed by atoms with Crippen LogP contribution < -0.4 is 5.32 Å². The first-order valence-corrected chi connectivity index (χ1v) is 8.05. The number of aliphatic hydroxyl groups is 1. The Bertz CT molecular complexity index is 448. The van der Waals surface area contributed by atoms with Crippen LogP contribution in [0.3, 0.4) is 0 Å². The lowest BCUT2D eigenvalue weighted by Crippen LogP contribution is -2.52. The number of nitrogens with one attached hydrogen (secondary N) is 1. The Hall–Kier alpha value is -1.31. The summed E-state index contributed by atoms with van der Waals surface area (Å²) in [6.07, 6.45) is 0.270. The van der Waals surface area contributed by atoms with Crippen molar-refractivity contribution in [2.45, 2.75) is 57.2 Å². The molecule has 23 heavy (non-hydrogen) atoms. The minimum absolute atomic E-state index is 0.0524. The van der Waals surface area contributed by atoms with Crippen LogP contribution in [0, 0.1) is 5.41 Å². The molecule has 0 aromatic rings. The van der Waals surface area contributed by atoms with Crippen LogP contribution in [0.4, 0.5) is 13.2 Å². The number of carbonyl (C=O) groups excluding carboxylic acids is 2. The molecule has 132 valence electrons. The molecule has 1 heterocycles. The Morgan fingerprint density at radius 2 is 1.83 bits per heavy atom. The van der Waals surface area contributed by atoms with E-state index in [0.717, 1.165) is 32.1 Å². The van der Waals surface area contributed by atoms with Crippen LogP contribution in [0.25, 0.3) is 0 Å². The number of hydrogen-bond donors (Lipinski definition) is 2. The van der Waals surface area contributed by atoms with Gasteiger partial charge >= 0.3 is 12.1 Å². The standard InChI is InChI=1S/C15H23F3N2O3/c16-15(17,18)13(23)20-8-4-5-11(20)12(22)19-9-14(10-21)6-2-1-3-7-14/h11,21H,1-10H2,(H,19,22). The molecule has 1 unspecified atom stereocenters. The Morgan fingerprint density at radius 1 is 1.17 bits per heavy atom. The second-order valence-electron chi connectivity index (χ2n) is 6.59. The Labute approximate surface area is 133 Å². The molecule has 0 bridgehead atoms. The van der Waals surface area contributed by atoms with Gasteiger partial charge in [-0.3, -0.25) is 9.59 Å². The fourth-order valence-corrected chi connectivity index (χ4v) is 3.53. The van der Waals surface area contributed by atoms with E-state index in [9.17, 15) is 27.9 Å². The maximum Gasteiger partial charge on any atom is 0.471 e. The van der Waals surface area contributed by atoms with Crippen molar-refractivity contribution in [3.63, 3.8) is 0 Å². The highest BCUT2D eigenvalue weighted by molar-refractivity contribution is 5.90. The smallest absolute Gasteiger partial charge is 0.396 e. The van der Waals surface area contributed by atoms with Crippen LogP contribution in [-0.2, 0) is 9.59 Å². The van der Waals surface area contributed by atoms with Gasteiger partial charge in [0.05, 0.1) is 6.61 Å². The highest BCUT2D eigenvalue weighted by Crippen LogP contribution is 2.35. The Kier molecular flexibility index (Phi) is 5.54. The van der Waals surface area contributed by atoms with Gasteiger partial charge < -0.3 is 15.3 Å². The van der Waals surface area contributed by atoms with Gasteiger partial charge in [0.25, 0.3) is 0 Å². The number of amides is 2. The molecule has 1 saturated carbocycles. The third-order valence-corrected chi connectivity index (χ3v) is 4.95. The van der Waals surface area contributed by atoms with Gasteiger partial charge in [-0.1, -0.05) is 19.3 Å². The van der Waals surface area contributed by atoms with E-state index in [2.05, 4.69) is 5.32 Å². The second-order valence-corrected chi connectivity index (χ2v) is 6.59. The molecule has 1 aliphatic carbocycles. The minimum Gasteiger partial charge on any atom is -0.396 e. The molecule has 2 aliphatic rings. The van der Waals surface area contributed by atoms with Crippen molar-refractivity contribution in [1.29, 1.82) is 0 Å². The normalized spacial score (nSPS) is 24.5. The molecule has 0 aromatic heterocycles. The van der Waals surface area contributed by atoms with Gasteiger partial charge in [0.15, 0.2) is 0 Å². The molecule has 5 nitrogen and oxygen atoms in total. The zero-order valence-corrected chi connectivity index (χ0v) is 13.0. The van der Waals surface area contributed by atoms with Crippen LogP contribution in [-0.4, -0.2) is 53.7 Å². The summed E-state index contributed by atoms with van der Waals surface area (Å²) in [5.74, 6) is -2.51. The van der Waals surface area contributed by atoms with Crippen molar-refractivity contribution in [2.75, 3.05) is 19.7 Å². The number of aliphatic hydroxyl groups excluding tert-OH is 1. The average molecular weight is 336 g/mol. The lowest BCUT2D eigenvalue weighted by molar-refractivity contribution is -0.186. The summed E-state index contributed by atoms with van der Waals surface area (Å²) in [4.78, 5) is 24.2. The van der Waals surface area contributed by atoms with Crippen LogP contribution >= 0.6 is 0 Å². The molecule has 8 heteroatoms. The molecular weight excluding hydrogens is 313 g/mol. The summed E-state index contributed by atoms with van der Waals surface area (Å²) in [6, 6.07) is -1.07. The summed E-state index contributed by atoms with van der Waals surface area (Å²) < 4.78 is 37.7. The molecule has 2 fully saturated rings. The summed E-state index contributed by atoms with van der Waals surface area (Å²) in [5.41, 5.74) is -0.384. The second kappa shape index (κ2) is 7.07. The van der Waals surface area contributed by atoms with Gasteiger partial charge in [-0.15, -0.1) is 0 Å².